The maximum absolute atomic E-state index is 12.6. The fraction of sp³-hybridized carbons (Fsp3) is 0.588. The van der Waals surface area contributed by atoms with Gasteiger partial charge in [-0.3, -0.25) is 4.79 Å². The largest absolute Gasteiger partial charge is 0.306 e. The van der Waals surface area contributed by atoms with Crippen LogP contribution in [0.25, 0.3) is 0 Å². The molecule has 1 aromatic rings. The minimum Gasteiger partial charge on any atom is -0.306 e. The zero-order valence-electron chi connectivity index (χ0n) is 14.0. The van der Waals surface area contributed by atoms with Crippen LogP contribution in [0.4, 0.5) is 0 Å². The number of sulfonamides is 1. The van der Waals surface area contributed by atoms with Gasteiger partial charge >= 0.3 is 0 Å². The fourth-order valence-electron chi connectivity index (χ4n) is 2.78. The Morgan fingerprint density at radius 3 is 2.39 bits per heavy atom. The van der Waals surface area contributed by atoms with Gasteiger partial charge in [0.25, 0.3) is 0 Å². The summed E-state index contributed by atoms with van der Waals surface area (Å²) in [6.45, 7) is 6.72. The third-order valence-corrected chi connectivity index (χ3v) is 5.68. The molecule has 2 N–H and O–H groups in total. The van der Waals surface area contributed by atoms with Crippen LogP contribution >= 0.6 is 0 Å². The van der Waals surface area contributed by atoms with E-state index in [1.165, 1.54) is 0 Å². The molecule has 0 bridgehead atoms. The minimum absolute atomic E-state index is 0.0883. The van der Waals surface area contributed by atoms with E-state index in [4.69, 9.17) is 0 Å². The Hall–Kier alpha value is -1.24. The van der Waals surface area contributed by atoms with E-state index >= 15 is 0 Å². The smallest absolute Gasteiger partial charge is 0.240 e. The number of carbonyl (C=O) groups excluding carboxylic acids is 1. The van der Waals surface area contributed by atoms with Gasteiger partial charge in [0.1, 0.15) is 0 Å². The normalized spacial score (nSPS) is 20.2. The second kappa shape index (κ2) is 7.55. The third-order valence-electron chi connectivity index (χ3n) is 4.18. The van der Waals surface area contributed by atoms with E-state index in [0.29, 0.717) is 25.3 Å². The van der Waals surface area contributed by atoms with Crippen molar-refractivity contribution in [1.29, 1.82) is 0 Å². The fourth-order valence-corrected chi connectivity index (χ4v) is 4.06. The molecule has 0 aromatic heterocycles. The zero-order valence-corrected chi connectivity index (χ0v) is 14.8. The molecular weight excluding hydrogens is 312 g/mol. The van der Waals surface area contributed by atoms with Gasteiger partial charge in [-0.2, -0.15) is 0 Å². The van der Waals surface area contributed by atoms with Gasteiger partial charge in [0.2, 0.25) is 10.0 Å². The van der Waals surface area contributed by atoms with E-state index in [0.717, 1.165) is 12.0 Å². The van der Waals surface area contributed by atoms with Crippen LogP contribution in [-0.2, 0) is 14.8 Å². The summed E-state index contributed by atoms with van der Waals surface area (Å²) in [5.74, 6) is 0.545. The highest BCUT2D eigenvalue weighted by molar-refractivity contribution is 7.89. The Morgan fingerprint density at radius 2 is 1.87 bits per heavy atom. The third kappa shape index (κ3) is 4.86. The molecule has 0 amide bonds. The Balaban J connectivity index is 2.18. The number of aryl methyl sites for hydroxylation is 1. The number of hydrogen-bond acceptors (Lipinski definition) is 4. The van der Waals surface area contributed by atoms with Crippen molar-refractivity contribution >= 4 is 15.8 Å². The molecule has 2 rings (SSSR count). The molecule has 1 aliphatic heterocycles. The molecule has 0 saturated carbocycles. The highest BCUT2D eigenvalue weighted by Gasteiger charge is 2.34. The molecule has 1 unspecified atom stereocenters. The number of benzene rings is 1. The van der Waals surface area contributed by atoms with Crippen LogP contribution in [0.3, 0.4) is 0 Å². The van der Waals surface area contributed by atoms with Crippen molar-refractivity contribution in [2.24, 2.45) is 5.92 Å². The average Bonchev–Trinajstić information content (AvgIpc) is 2.90. The van der Waals surface area contributed by atoms with Crippen LogP contribution in [0, 0.1) is 12.8 Å². The second-order valence-electron chi connectivity index (χ2n) is 6.66. The average molecular weight is 338 g/mol. The van der Waals surface area contributed by atoms with Crippen LogP contribution < -0.4 is 10.0 Å². The van der Waals surface area contributed by atoms with E-state index in [9.17, 15) is 13.2 Å². The van der Waals surface area contributed by atoms with E-state index in [1.807, 2.05) is 6.92 Å². The first-order chi connectivity index (χ1) is 10.8. The zero-order chi connectivity index (χ0) is 17.0. The molecule has 1 aliphatic rings. The molecule has 1 saturated heterocycles. The molecule has 1 aromatic carbocycles. The number of ketones is 1. The van der Waals surface area contributed by atoms with Crippen molar-refractivity contribution in [2.45, 2.75) is 57.0 Å². The lowest BCUT2D eigenvalue weighted by Gasteiger charge is -2.24. The summed E-state index contributed by atoms with van der Waals surface area (Å²) in [7, 11) is -3.63. The van der Waals surface area contributed by atoms with E-state index in [2.05, 4.69) is 23.9 Å². The number of rotatable bonds is 7. The van der Waals surface area contributed by atoms with Gasteiger partial charge in [-0.1, -0.05) is 31.5 Å². The first-order valence-electron chi connectivity index (χ1n) is 8.14. The van der Waals surface area contributed by atoms with Crippen molar-refractivity contribution in [1.82, 2.24) is 10.0 Å². The van der Waals surface area contributed by atoms with Crippen LogP contribution in [0.2, 0.25) is 0 Å². The van der Waals surface area contributed by atoms with E-state index in [-0.39, 0.29) is 10.7 Å². The molecule has 0 radical (unpaired) electrons. The predicted molar refractivity (Wildman–Crippen MR) is 90.8 cm³/mol. The topological polar surface area (TPSA) is 75.3 Å². The van der Waals surface area contributed by atoms with Crippen LogP contribution in [-0.4, -0.2) is 32.8 Å². The summed E-state index contributed by atoms with van der Waals surface area (Å²) in [5.41, 5.74) is 1.01. The second-order valence-corrected chi connectivity index (χ2v) is 8.37. The van der Waals surface area contributed by atoms with Gasteiger partial charge in [-0.15, -0.1) is 0 Å². The van der Waals surface area contributed by atoms with Crippen LogP contribution in [0.15, 0.2) is 29.2 Å². The van der Waals surface area contributed by atoms with Crippen molar-refractivity contribution < 1.29 is 13.2 Å². The lowest BCUT2D eigenvalue weighted by Crippen LogP contribution is -2.50. The Bertz CT molecular complexity index is 638. The predicted octanol–water partition coefficient (Wildman–Crippen LogP) is 2.01. The van der Waals surface area contributed by atoms with Crippen molar-refractivity contribution in [2.75, 3.05) is 6.54 Å². The van der Waals surface area contributed by atoms with Gasteiger partial charge < -0.3 is 5.32 Å². The minimum atomic E-state index is -3.63. The Morgan fingerprint density at radius 1 is 1.22 bits per heavy atom. The lowest BCUT2D eigenvalue weighted by molar-refractivity contribution is -0.119. The lowest BCUT2D eigenvalue weighted by atomic mass is 9.97. The SMILES string of the molecule is Cc1ccc(S(=O)(=O)NC(CCC(C)C)[C@@H]2NCCC2=O)cc1. The first kappa shape index (κ1) is 18.1. The molecular formula is C17H26N2O3S. The number of hydrogen-bond donors (Lipinski definition) is 2. The standard InChI is InChI=1S/C17H26N2O3S/c1-12(2)4-9-15(17-16(20)10-11-18-17)19-23(21,22)14-7-5-13(3)6-8-14/h5-8,12,15,17-19H,4,9-11H2,1-3H3/t15?,17-/m0/s1. The number of Topliss-reactive ketones (excluding diaryl/α,β-unsaturated/α-hetero) is 1. The maximum atomic E-state index is 12.6. The van der Waals surface area contributed by atoms with Crippen LogP contribution in [0.1, 0.15) is 38.7 Å². The Labute approximate surface area is 138 Å². The first-order valence-corrected chi connectivity index (χ1v) is 9.63. The van der Waals surface area contributed by atoms with Crippen molar-refractivity contribution in [3.05, 3.63) is 29.8 Å². The summed E-state index contributed by atoms with van der Waals surface area (Å²) >= 11 is 0. The number of nitrogens with one attached hydrogen (secondary N) is 2. The molecule has 6 heteroatoms. The van der Waals surface area contributed by atoms with Crippen molar-refractivity contribution in [3.63, 3.8) is 0 Å². The van der Waals surface area contributed by atoms with Gasteiger partial charge in [-0.25, -0.2) is 13.1 Å². The molecule has 1 heterocycles. The molecule has 23 heavy (non-hydrogen) atoms. The van der Waals surface area contributed by atoms with Gasteiger partial charge in [0.15, 0.2) is 5.78 Å². The monoisotopic (exact) mass is 338 g/mol. The molecule has 2 atom stereocenters. The molecule has 5 nitrogen and oxygen atoms in total. The van der Waals surface area contributed by atoms with Crippen molar-refractivity contribution in [3.8, 4) is 0 Å². The highest BCUT2D eigenvalue weighted by Crippen LogP contribution is 2.18. The van der Waals surface area contributed by atoms with Gasteiger partial charge in [0.05, 0.1) is 10.9 Å². The van der Waals surface area contributed by atoms with Gasteiger partial charge in [0, 0.05) is 19.0 Å². The summed E-state index contributed by atoms with van der Waals surface area (Å²) in [4.78, 5) is 12.3. The highest BCUT2D eigenvalue weighted by atomic mass is 32.2. The molecule has 1 fully saturated rings. The van der Waals surface area contributed by atoms with E-state index in [1.54, 1.807) is 24.3 Å². The number of carbonyl (C=O) groups is 1. The summed E-state index contributed by atoms with van der Waals surface area (Å²) in [6.07, 6.45) is 1.98. The molecule has 128 valence electrons. The molecule has 0 aliphatic carbocycles. The molecule has 0 spiro atoms. The van der Waals surface area contributed by atoms with Crippen LogP contribution in [0.5, 0.6) is 0 Å². The summed E-state index contributed by atoms with van der Waals surface area (Å²) in [5, 5.41) is 3.14. The van der Waals surface area contributed by atoms with E-state index < -0.39 is 22.1 Å². The summed E-state index contributed by atoms with van der Waals surface area (Å²) in [6, 6.07) is 5.92. The van der Waals surface area contributed by atoms with Gasteiger partial charge in [-0.05, 0) is 37.8 Å². The summed E-state index contributed by atoms with van der Waals surface area (Å²) < 4.78 is 28.0. The maximum Gasteiger partial charge on any atom is 0.240 e. The Kier molecular flexibility index (Phi) is 5.95. The quantitative estimate of drug-likeness (QED) is 0.797.